The monoisotopic (exact) mass is 235 g/mol. The molecule has 94 valence electrons. The number of benzene rings is 1. The van der Waals surface area contributed by atoms with Crippen molar-refractivity contribution in [1.82, 2.24) is 5.32 Å². The maximum Gasteiger partial charge on any atom is 0.123 e. The molecule has 0 radical (unpaired) electrons. The zero-order valence-electron chi connectivity index (χ0n) is 10.8. The summed E-state index contributed by atoms with van der Waals surface area (Å²) in [7, 11) is 0. The summed E-state index contributed by atoms with van der Waals surface area (Å²) in [6.45, 7) is 6.67. The number of hydrogen-bond donors (Lipinski definition) is 1. The van der Waals surface area contributed by atoms with Gasteiger partial charge in [-0.2, -0.15) is 0 Å². The Morgan fingerprint density at radius 3 is 3.00 bits per heavy atom. The van der Waals surface area contributed by atoms with Crippen LogP contribution in [0.1, 0.15) is 30.9 Å². The average Bonchev–Trinajstić information content (AvgIpc) is 2.32. The summed E-state index contributed by atoms with van der Waals surface area (Å²) in [5, 5.41) is 3.45. The molecule has 1 fully saturated rings. The van der Waals surface area contributed by atoms with Crippen molar-refractivity contribution in [3.63, 3.8) is 0 Å². The van der Waals surface area contributed by atoms with E-state index in [0.717, 1.165) is 31.3 Å². The summed E-state index contributed by atoms with van der Waals surface area (Å²) in [5.74, 6) is 1.43. The van der Waals surface area contributed by atoms with Gasteiger partial charge in [0.15, 0.2) is 0 Å². The van der Waals surface area contributed by atoms with E-state index in [0.29, 0.717) is 0 Å². The average molecular weight is 235 g/mol. The van der Waals surface area contributed by atoms with Crippen LogP contribution < -0.4 is 5.32 Å². The summed E-state index contributed by atoms with van der Waals surface area (Å²) >= 11 is 0. The first-order chi connectivity index (χ1) is 8.16. The quantitative estimate of drug-likeness (QED) is 0.847. The van der Waals surface area contributed by atoms with E-state index < -0.39 is 0 Å². The predicted octanol–water partition coefficient (Wildman–Crippen LogP) is 3.31. The van der Waals surface area contributed by atoms with Gasteiger partial charge in [-0.1, -0.05) is 13.0 Å². The maximum absolute atomic E-state index is 13.2. The van der Waals surface area contributed by atoms with Crippen molar-refractivity contribution >= 4 is 0 Å². The van der Waals surface area contributed by atoms with Crippen LogP contribution in [-0.2, 0) is 6.42 Å². The number of nitrogens with one attached hydrogen (secondary N) is 1. The van der Waals surface area contributed by atoms with Gasteiger partial charge in [0, 0.05) is 0 Å². The number of rotatable bonds is 3. The molecule has 1 aromatic carbocycles. The van der Waals surface area contributed by atoms with Gasteiger partial charge >= 0.3 is 0 Å². The van der Waals surface area contributed by atoms with Gasteiger partial charge in [0.05, 0.1) is 0 Å². The highest BCUT2D eigenvalue weighted by Crippen LogP contribution is 2.24. The van der Waals surface area contributed by atoms with Crippen molar-refractivity contribution in [3.05, 3.63) is 35.1 Å². The van der Waals surface area contributed by atoms with Crippen molar-refractivity contribution < 1.29 is 4.39 Å². The smallest absolute Gasteiger partial charge is 0.123 e. The lowest BCUT2D eigenvalue weighted by molar-refractivity contribution is 0.260. The van der Waals surface area contributed by atoms with Crippen LogP contribution in [0.3, 0.4) is 0 Å². The van der Waals surface area contributed by atoms with E-state index in [1.165, 1.54) is 24.0 Å². The van der Waals surface area contributed by atoms with Crippen molar-refractivity contribution in [3.8, 4) is 0 Å². The normalized spacial score (nSPS) is 24.9. The first-order valence-corrected chi connectivity index (χ1v) is 6.62. The third-order valence-electron chi connectivity index (χ3n) is 4.08. The number of aryl methyl sites for hydroxylation is 2. The predicted molar refractivity (Wildman–Crippen MR) is 69.6 cm³/mol. The molecule has 1 saturated heterocycles. The Bertz CT molecular complexity index is 375. The fourth-order valence-corrected chi connectivity index (χ4v) is 2.69. The second-order valence-corrected chi connectivity index (χ2v) is 5.34. The highest BCUT2D eigenvalue weighted by atomic mass is 19.1. The lowest BCUT2D eigenvalue weighted by Crippen LogP contribution is -2.35. The molecule has 2 unspecified atom stereocenters. The summed E-state index contributed by atoms with van der Waals surface area (Å²) in [5.41, 5.74) is 2.38. The first-order valence-electron chi connectivity index (χ1n) is 6.62. The highest BCUT2D eigenvalue weighted by molar-refractivity contribution is 5.26. The summed E-state index contributed by atoms with van der Waals surface area (Å²) < 4.78 is 13.2. The molecule has 2 rings (SSSR count). The van der Waals surface area contributed by atoms with E-state index in [9.17, 15) is 4.39 Å². The van der Waals surface area contributed by atoms with Gasteiger partial charge in [-0.3, -0.25) is 0 Å². The van der Waals surface area contributed by atoms with Crippen LogP contribution in [0, 0.1) is 24.6 Å². The van der Waals surface area contributed by atoms with Crippen LogP contribution in [0.5, 0.6) is 0 Å². The maximum atomic E-state index is 13.2. The molecule has 1 heterocycles. The van der Waals surface area contributed by atoms with E-state index in [1.807, 2.05) is 6.07 Å². The van der Waals surface area contributed by atoms with Gasteiger partial charge in [0.1, 0.15) is 5.82 Å². The van der Waals surface area contributed by atoms with Crippen LogP contribution in [-0.4, -0.2) is 13.1 Å². The zero-order chi connectivity index (χ0) is 12.3. The lowest BCUT2D eigenvalue weighted by atomic mass is 9.83. The Labute approximate surface area is 103 Å². The molecule has 1 aliphatic rings. The van der Waals surface area contributed by atoms with E-state index in [2.05, 4.69) is 19.2 Å². The second-order valence-electron chi connectivity index (χ2n) is 5.34. The molecule has 1 nitrogen and oxygen atoms in total. The van der Waals surface area contributed by atoms with Crippen molar-refractivity contribution in [1.29, 1.82) is 0 Å². The van der Waals surface area contributed by atoms with Gasteiger partial charge in [-0.25, -0.2) is 4.39 Å². The van der Waals surface area contributed by atoms with Gasteiger partial charge in [0.25, 0.3) is 0 Å². The van der Waals surface area contributed by atoms with Gasteiger partial charge in [-0.05, 0) is 74.4 Å². The minimum absolute atomic E-state index is 0.111. The number of halogens is 1. The lowest BCUT2D eigenvalue weighted by Gasteiger charge is -2.29. The minimum Gasteiger partial charge on any atom is -0.316 e. The molecular weight excluding hydrogens is 213 g/mol. The second kappa shape index (κ2) is 5.63. The van der Waals surface area contributed by atoms with Crippen LogP contribution in [0.2, 0.25) is 0 Å². The fraction of sp³-hybridized carbons (Fsp3) is 0.600. The van der Waals surface area contributed by atoms with Crippen molar-refractivity contribution in [2.24, 2.45) is 11.8 Å². The van der Waals surface area contributed by atoms with Crippen LogP contribution >= 0.6 is 0 Å². The molecule has 0 aromatic heterocycles. The van der Waals surface area contributed by atoms with E-state index in [-0.39, 0.29) is 5.82 Å². The molecule has 17 heavy (non-hydrogen) atoms. The van der Waals surface area contributed by atoms with Gasteiger partial charge in [-0.15, -0.1) is 0 Å². The molecule has 0 amide bonds. The van der Waals surface area contributed by atoms with Crippen LogP contribution in [0.25, 0.3) is 0 Å². The van der Waals surface area contributed by atoms with Crippen molar-refractivity contribution in [2.45, 2.75) is 33.1 Å². The molecule has 1 N–H and O–H groups in total. The molecule has 1 aliphatic heterocycles. The SMILES string of the molecule is Cc1ccc(F)cc1CCC1CNCCC1C. The van der Waals surface area contributed by atoms with Crippen LogP contribution in [0.15, 0.2) is 18.2 Å². The van der Waals surface area contributed by atoms with E-state index >= 15 is 0 Å². The molecule has 0 saturated carbocycles. The molecule has 0 aliphatic carbocycles. The molecule has 0 bridgehead atoms. The highest BCUT2D eigenvalue weighted by Gasteiger charge is 2.20. The topological polar surface area (TPSA) is 12.0 Å². The summed E-state index contributed by atoms with van der Waals surface area (Å²) in [6.07, 6.45) is 3.44. The fourth-order valence-electron chi connectivity index (χ4n) is 2.69. The number of hydrogen-bond acceptors (Lipinski definition) is 1. The minimum atomic E-state index is -0.111. The Balaban J connectivity index is 1.94. The standard InChI is InChI=1S/C15H22FN/c1-11-3-6-15(16)9-13(11)4-5-14-10-17-8-7-12(14)2/h3,6,9,12,14,17H,4-5,7-8,10H2,1-2H3. The number of piperidine rings is 1. The molecule has 2 heteroatoms. The summed E-state index contributed by atoms with van der Waals surface area (Å²) in [6, 6.07) is 5.12. The Kier molecular flexibility index (Phi) is 4.16. The zero-order valence-corrected chi connectivity index (χ0v) is 10.8. The Morgan fingerprint density at radius 1 is 1.41 bits per heavy atom. The van der Waals surface area contributed by atoms with E-state index in [4.69, 9.17) is 0 Å². The molecular formula is C15H22FN. The molecule has 2 atom stereocenters. The van der Waals surface area contributed by atoms with Crippen molar-refractivity contribution in [2.75, 3.05) is 13.1 Å². The van der Waals surface area contributed by atoms with E-state index in [1.54, 1.807) is 12.1 Å². The third kappa shape index (κ3) is 3.29. The van der Waals surface area contributed by atoms with Crippen LogP contribution in [0.4, 0.5) is 4.39 Å². The third-order valence-corrected chi connectivity index (χ3v) is 4.08. The first kappa shape index (κ1) is 12.6. The summed E-state index contributed by atoms with van der Waals surface area (Å²) in [4.78, 5) is 0. The largest absolute Gasteiger partial charge is 0.316 e. The molecule has 0 spiro atoms. The van der Waals surface area contributed by atoms with Gasteiger partial charge in [0.2, 0.25) is 0 Å². The molecule has 1 aromatic rings. The van der Waals surface area contributed by atoms with Gasteiger partial charge < -0.3 is 5.32 Å². The Morgan fingerprint density at radius 2 is 2.24 bits per heavy atom. The Hall–Kier alpha value is -0.890.